The zero-order valence-electron chi connectivity index (χ0n) is 23.1. The van der Waals surface area contributed by atoms with E-state index in [-0.39, 0.29) is 5.75 Å². The SMILES string of the molecule is CC(C)OC(=O)[C@H](C)NP(=S)(OC[C@@]1(C(F)F)O[C@@H](N2C=C(Cl)C(=O)CC2=O)[C@H](F)[C@@H]1O)Oc1cccc2ccccc12. The van der Waals surface area contributed by atoms with E-state index in [2.05, 4.69) is 5.09 Å². The number of hydrogen-bond donors (Lipinski definition) is 2. The molecule has 2 aliphatic rings. The van der Waals surface area contributed by atoms with Crippen molar-refractivity contribution in [3.63, 3.8) is 0 Å². The first kappa shape index (κ1) is 33.3. The van der Waals surface area contributed by atoms with Crippen molar-refractivity contribution in [1.82, 2.24) is 9.99 Å². The van der Waals surface area contributed by atoms with Crippen LogP contribution in [0.25, 0.3) is 10.8 Å². The maximum Gasteiger partial charge on any atom is 0.323 e. The average Bonchev–Trinajstić information content (AvgIpc) is 3.20. The zero-order chi connectivity index (χ0) is 31.7. The number of ketones is 1. The van der Waals surface area contributed by atoms with Crippen LogP contribution >= 0.6 is 18.2 Å². The summed E-state index contributed by atoms with van der Waals surface area (Å²) in [6.07, 6.45) is -11.2. The monoisotopic (exact) mass is 664 g/mol. The van der Waals surface area contributed by atoms with Crippen LogP contribution in [0.3, 0.4) is 0 Å². The Morgan fingerprint density at radius 1 is 1.23 bits per heavy atom. The number of carbonyl (C=O) groups excluding carboxylic acids is 3. The second kappa shape index (κ2) is 13.2. The Hall–Kier alpha value is -2.58. The highest BCUT2D eigenvalue weighted by atomic mass is 35.5. The molecule has 0 saturated carbocycles. The van der Waals surface area contributed by atoms with Gasteiger partial charge in [0, 0.05) is 11.6 Å². The number of aliphatic hydroxyl groups is 1. The van der Waals surface area contributed by atoms with Gasteiger partial charge in [0.05, 0.1) is 19.1 Å². The first-order valence-corrected chi connectivity index (χ1v) is 16.1. The fraction of sp³-hybridized carbons (Fsp3) is 0.444. The maximum absolute atomic E-state index is 15.4. The molecule has 2 aliphatic heterocycles. The molecule has 0 spiro atoms. The highest BCUT2D eigenvalue weighted by Gasteiger charge is 2.63. The molecule has 0 aliphatic carbocycles. The predicted octanol–water partition coefficient (Wildman–Crippen LogP) is 4.33. The molecule has 4 rings (SSSR count). The molecule has 10 nitrogen and oxygen atoms in total. The lowest BCUT2D eigenvalue weighted by Gasteiger charge is -2.35. The molecular formula is C27H29ClF3N2O8PS. The third kappa shape index (κ3) is 7.06. The average molecular weight is 665 g/mol. The van der Waals surface area contributed by atoms with E-state index in [4.69, 9.17) is 41.9 Å². The minimum atomic E-state index is -3.98. The highest BCUT2D eigenvalue weighted by molar-refractivity contribution is 8.09. The van der Waals surface area contributed by atoms with Crippen molar-refractivity contribution in [2.75, 3.05) is 6.61 Å². The summed E-state index contributed by atoms with van der Waals surface area (Å²) in [5.41, 5.74) is -3.04. The summed E-state index contributed by atoms with van der Waals surface area (Å²) in [5.74, 6) is -2.26. The summed E-state index contributed by atoms with van der Waals surface area (Å²) in [6, 6.07) is 10.9. The fourth-order valence-electron chi connectivity index (χ4n) is 4.46. The number of benzene rings is 2. The van der Waals surface area contributed by atoms with E-state index < -0.39 is 85.0 Å². The number of rotatable bonds is 11. The molecule has 1 amide bonds. The number of ether oxygens (including phenoxy) is 2. The molecule has 0 aromatic heterocycles. The number of fused-ring (bicyclic) bond motifs is 1. The number of Topliss-reactive ketones (excluding diaryl/α,β-unsaturated/α-hetero) is 1. The van der Waals surface area contributed by atoms with Crippen LogP contribution in [0.5, 0.6) is 5.75 Å². The summed E-state index contributed by atoms with van der Waals surface area (Å²) in [7, 11) is 0. The summed E-state index contributed by atoms with van der Waals surface area (Å²) >= 11 is 11.4. The number of alkyl halides is 3. The van der Waals surface area contributed by atoms with E-state index in [1.807, 2.05) is 0 Å². The quantitative estimate of drug-likeness (QED) is 0.204. The lowest BCUT2D eigenvalue weighted by molar-refractivity contribution is -0.199. The first-order chi connectivity index (χ1) is 20.2. The molecule has 2 aromatic rings. The van der Waals surface area contributed by atoms with Crippen LogP contribution in [0, 0.1) is 0 Å². The molecule has 234 valence electrons. The number of amides is 1. The number of carbonyl (C=O) groups is 3. The van der Waals surface area contributed by atoms with Gasteiger partial charge in [-0.1, -0.05) is 48.0 Å². The van der Waals surface area contributed by atoms with Gasteiger partial charge in [0.25, 0.3) is 6.43 Å². The molecule has 16 heteroatoms. The number of nitrogens with zero attached hydrogens (tertiary/aromatic N) is 1. The normalized spacial score (nSPS) is 26.5. The van der Waals surface area contributed by atoms with Crippen LogP contribution in [0.15, 0.2) is 53.7 Å². The lowest BCUT2D eigenvalue weighted by Crippen LogP contribution is -2.52. The van der Waals surface area contributed by atoms with Crippen molar-refractivity contribution < 1.29 is 51.2 Å². The molecule has 43 heavy (non-hydrogen) atoms. The summed E-state index contributed by atoms with van der Waals surface area (Å²) in [6.45, 7) is -0.545. The maximum atomic E-state index is 15.4. The van der Waals surface area contributed by atoms with Gasteiger partial charge in [0.15, 0.2) is 23.8 Å². The number of allylic oxidation sites excluding steroid dienone is 1. The third-order valence-electron chi connectivity index (χ3n) is 6.66. The Bertz CT molecular complexity index is 1480. The van der Waals surface area contributed by atoms with Crippen LogP contribution in [-0.4, -0.2) is 76.9 Å². The van der Waals surface area contributed by atoms with Gasteiger partial charge >= 0.3 is 12.6 Å². The number of aliphatic hydroxyl groups excluding tert-OH is 1. The van der Waals surface area contributed by atoms with Crippen molar-refractivity contribution in [2.24, 2.45) is 0 Å². The standard InChI is InChI=1S/C27H29ClF3N2O8PS/c1-14(2)39-25(37)15(3)32-42(43,41-20-10-6-8-16-7-4-5-9-17(16)20)38-13-27(26(30)31)23(36)22(29)24(40-27)33-12-18(28)19(34)11-21(33)35/h4-10,12,14-15,22-24,26,36H,11,13H2,1-3H3,(H,32,43)/t15-,22+,23-,24+,27+,42?/m0/s1. The van der Waals surface area contributed by atoms with E-state index in [9.17, 15) is 28.3 Å². The van der Waals surface area contributed by atoms with Gasteiger partial charge in [0.2, 0.25) is 5.91 Å². The van der Waals surface area contributed by atoms with Gasteiger partial charge in [-0.25, -0.2) is 18.3 Å². The van der Waals surface area contributed by atoms with Gasteiger partial charge in [-0.05, 0) is 44.0 Å². The van der Waals surface area contributed by atoms with E-state index in [0.29, 0.717) is 10.3 Å². The van der Waals surface area contributed by atoms with Gasteiger partial charge in [-0.2, -0.15) is 0 Å². The molecular weight excluding hydrogens is 636 g/mol. The number of nitrogens with one attached hydrogen (secondary N) is 1. The molecule has 1 fully saturated rings. The second-order valence-electron chi connectivity index (χ2n) is 10.2. The van der Waals surface area contributed by atoms with E-state index in [0.717, 1.165) is 11.6 Å². The third-order valence-corrected chi connectivity index (χ3v) is 9.44. The van der Waals surface area contributed by atoms with E-state index >= 15 is 4.39 Å². The minimum Gasteiger partial charge on any atom is -0.462 e. The highest BCUT2D eigenvalue weighted by Crippen LogP contribution is 2.50. The largest absolute Gasteiger partial charge is 0.462 e. The molecule has 6 atom stereocenters. The van der Waals surface area contributed by atoms with Crippen LogP contribution in [-0.2, 0) is 40.2 Å². The van der Waals surface area contributed by atoms with Gasteiger partial charge < -0.3 is 23.6 Å². The summed E-state index contributed by atoms with van der Waals surface area (Å²) < 4.78 is 67.0. The van der Waals surface area contributed by atoms with Crippen molar-refractivity contribution in [3.05, 3.63) is 53.7 Å². The molecule has 2 heterocycles. The molecule has 2 N–H and O–H groups in total. The second-order valence-corrected chi connectivity index (χ2v) is 13.8. The molecule has 0 bridgehead atoms. The predicted molar refractivity (Wildman–Crippen MR) is 154 cm³/mol. The van der Waals surface area contributed by atoms with Crippen LogP contribution in [0.4, 0.5) is 13.2 Å². The van der Waals surface area contributed by atoms with Gasteiger partial charge in [-0.3, -0.25) is 19.3 Å². The zero-order valence-corrected chi connectivity index (χ0v) is 25.6. The Morgan fingerprint density at radius 2 is 1.91 bits per heavy atom. The number of halogens is 4. The Morgan fingerprint density at radius 3 is 2.58 bits per heavy atom. The van der Waals surface area contributed by atoms with Crippen LogP contribution < -0.4 is 9.61 Å². The molecule has 2 aromatic carbocycles. The lowest BCUT2D eigenvalue weighted by atomic mass is 9.97. The number of hydrogen-bond acceptors (Lipinski definition) is 9. The van der Waals surface area contributed by atoms with Crippen molar-refractivity contribution in [3.8, 4) is 5.75 Å². The van der Waals surface area contributed by atoms with Crippen molar-refractivity contribution in [1.29, 1.82) is 0 Å². The first-order valence-electron chi connectivity index (χ1n) is 13.1. The van der Waals surface area contributed by atoms with Crippen molar-refractivity contribution in [2.45, 2.75) is 69.9 Å². The Kier molecular flexibility index (Phi) is 10.2. The Labute approximate surface area is 255 Å². The van der Waals surface area contributed by atoms with Gasteiger partial charge in [0.1, 0.15) is 22.9 Å². The molecule has 0 radical (unpaired) electrons. The summed E-state index contributed by atoms with van der Waals surface area (Å²) in [4.78, 5) is 37.3. The topological polar surface area (TPSA) is 124 Å². The smallest absolute Gasteiger partial charge is 0.323 e. The molecule has 1 saturated heterocycles. The van der Waals surface area contributed by atoms with Crippen molar-refractivity contribution >= 4 is 58.5 Å². The minimum absolute atomic E-state index is 0.196. The van der Waals surface area contributed by atoms with E-state index in [1.165, 1.54) is 6.92 Å². The van der Waals surface area contributed by atoms with Gasteiger partial charge in [-0.15, -0.1) is 0 Å². The van der Waals surface area contributed by atoms with E-state index in [1.54, 1.807) is 56.3 Å². The number of esters is 1. The summed E-state index contributed by atoms with van der Waals surface area (Å²) in [5, 5.41) is 14.3. The Balaban J connectivity index is 1.66. The molecule has 1 unspecified atom stereocenters. The van der Waals surface area contributed by atoms with Crippen LogP contribution in [0.2, 0.25) is 0 Å². The fourth-order valence-corrected chi connectivity index (χ4v) is 7.05. The van der Waals surface area contributed by atoms with Crippen LogP contribution in [0.1, 0.15) is 27.2 Å².